The lowest BCUT2D eigenvalue weighted by Crippen LogP contribution is -2.04. The highest BCUT2D eigenvalue weighted by Crippen LogP contribution is 2.34. The van der Waals surface area contributed by atoms with E-state index >= 15 is 0 Å². The van der Waals surface area contributed by atoms with Crippen LogP contribution >= 0.6 is 15.9 Å². The third-order valence-electron chi connectivity index (χ3n) is 4.53. The quantitative estimate of drug-likeness (QED) is 0.443. The maximum absolute atomic E-state index is 10.2. The largest absolute Gasteiger partial charge is 0.497 e. The number of ether oxygens (including phenoxy) is 3. The fraction of sp³-hybridized carbons (Fsp3) is 0.364. The molecule has 0 radical (unpaired) electrons. The maximum atomic E-state index is 10.2. The van der Waals surface area contributed by atoms with Crippen molar-refractivity contribution in [1.82, 2.24) is 0 Å². The van der Waals surface area contributed by atoms with Crippen LogP contribution in [0.4, 0.5) is 0 Å². The molecule has 150 valence electrons. The van der Waals surface area contributed by atoms with Crippen LogP contribution in [-0.2, 0) is 17.8 Å². The van der Waals surface area contributed by atoms with Crippen LogP contribution in [0.2, 0.25) is 0 Å². The molecule has 0 aliphatic carbocycles. The molecule has 0 spiro atoms. The molecule has 0 aliphatic rings. The van der Waals surface area contributed by atoms with E-state index in [1.165, 1.54) is 0 Å². The maximum Gasteiger partial charge on any atom is 0.140 e. The molecule has 1 unspecified atom stereocenters. The highest BCUT2D eigenvalue weighted by molar-refractivity contribution is 9.10. The van der Waals surface area contributed by atoms with Gasteiger partial charge in [0.05, 0.1) is 13.7 Å². The number of hydrogen-bond acceptors (Lipinski definition) is 5. The van der Waals surface area contributed by atoms with Gasteiger partial charge in [-0.1, -0.05) is 22.0 Å². The first kappa shape index (κ1) is 20.7. The van der Waals surface area contributed by atoms with Crippen molar-refractivity contribution in [1.29, 1.82) is 0 Å². The van der Waals surface area contributed by atoms with Crippen LogP contribution in [0.25, 0.3) is 11.0 Å². The summed E-state index contributed by atoms with van der Waals surface area (Å²) < 4.78 is 23.8. The highest BCUT2D eigenvalue weighted by Gasteiger charge is 2.19. The Kier molecular flexibility index (Phi) is 6.99. The van der Waals surface area contributed by atoms with Crippen molar-refractivity contribution in [3.8, 4) is 11.5 Å². The molecular weight excluding hydrogens is 424 g/mol. The number of halogens is 1. The fourth-order valence-electron chi connectivity index (χ4n) is 3.11. The molecule has 0 amide bonds. The lowest BCUT2D eigenvalue weighted by Gasteiger charge is -2.14. The smallest absolute Gasteiger partial charge is 0.140 e. The SMILES string of the molecule is CCOCCc1ccc(OC)cc1OCc1c(C(C)O)oc2ccc(Br)cc12. The molecular formula is C22H25BrO5. The number of hydrogen-bond donors (Lipinski definition) is 1. The van der Waals surface area contributed by atoms with Crippen LogP contribution in [-0.4, -0.2) is 25.4 Å². The molecule has 3 aromatic rings. The number of rotatable bonds is 9. The first-order valence-electron chi connectivity index (χ1n) is 9.29. The molecule has 1 N–H and O–H groups in total. The molecule has 0 aliphatic heterocycles. The molecule has 6 heteroatoms. The van der Waals surface area contributed by atoms with Gasteiger partial charge < -0.3 is 23.7 Å². The van der Waals surface area contributed by atoms with E-state index in [2.05, 4.69) is 15.9 Å². The summed E-state index contributed by atoms with van der Waals surface area (Å²) in [6, 6.07) is 11.6. The normalized spacial score (nSPS) is 12.3. The van der Waals surface area contributed by atoms with E-state index in [-0.39, 0.29) is 6.61 Å². The topological polar surface area (TPSA) is 61.1 Å². The summed E-state index contributed by atoms with van der Waals surface area (Å²) >= 11 is 3.50. The molecule has 1 heterocycles. The van der Waals surface area contributed by atoms with E-state index < -0.39 is 6.10 Å². The predicted molar refractivity (Wildman–Crippen MR) is 112 cm³/mol. The predicted octanol–water partition coefficient (Wildman–Crippen LogP) is 5.42. The van der Waals surface area contributed by atoms with Crippen LogP contribution < -0.4 is 9.47 Å². The van der Waals surface area contributed by atoms with Gasteiger partial charge in [0.2, 0.25) is 0 Å². The summed E-state index contributed by atoms with van der Waals surface area (Å²) in [6.07, 6.45) is 0.0150. The van der Waals surface area contributed by atoms with Gasteiger partial charge in [0.15, 0.2) is 0 Å². The number of aliphatic hydroxyl groups excluding tert-OH is 1. The lowest BCUT2D eigenvalue weighted by atomic mass is 10.1. The number of aliphatic hydroxyl groups is 1. The summed E-state index contributed by atoms with van der Waals surface area (Å²) in [7, 11) is 1.63. The highest BCUT2D eigenvalue weighted by atomic mass is 79.9. The molecule has 0 bridgehead atoms. The molecule has 1 aromatic heterocycles. The van der Waals surface area contributed by atoms with E-state index in [1.807, 2.05) is 43.3 Å². The molecule has 5 nitrogen and oxygen atoms in total. The van der Waals surface area contributed by atoms with Gasteiger partial charge in [0.25, 0.3) is 0 Å². The van der Waals surface area contributed by atoms with Crippen molar-refractivity contribution in [3.05, 3.63) is 57.8 Å². The first-order valence-corrected chi connectivity index (χ1v) is 10.1. The lowest BCUT2D eigenvalue weighted by molar-refractivity contribution is 0.150. The van der Waals surface area contributed by atoms with E-state index in [0.717, 1.165) is 44.5 Å². The van der Waals surface area contributed by atoms with Crippen molar-refractivity contribution in [2.75, 3.05) is 20.3 Å². The van der Waals surface area contributed by atoms with E-state index in [0.29, 0.717) is 19.0 Å². The van der Waals surface area contributed by atoms with Crippen molar-refractivity contribution in [3.63, 3.8) is 0 Å². The third kappa shape index (κ3) is 4.69. The average Bonchev–Trinajstić information content (AvgIpc) is 3.05. The van der Waals surface area contributed by atoms with E-state index in [1.54, 1.807) is 14.0 Å². The fourth-order valence-corrected chi connectivity index (χ4v) is 3.47. The summed E-state index contributed by atoms with van der Waals surface area (Å²) in [5.41, 5.74) is 2.60. The summed E-state index contributed by atoms with van der Waals surface area (Å²) in [6.45, 7) is 5.25. The molecule has 28 heavy (non-hydrogen) atoms. The minimum Gasteiger partial charge on any atom is -0.497 e. The zero-order valence-corrected chi connectivity index (χ0v) is 17.9. The van der Waals surface area contributed by atoms with Crippen molar-refractivity contribution in [2.45, 2.75) is 33.0 Å². The molecule has 0 fully saturated rings. The van der Waals surface area contributed by atoms with Crippen LogP contribution in [0.1, 0.15) is 36.8 Å². The second-order valence-electron chi connectivity index (χ2n) is 6.47. The zero-order valence-electron chi connectivity index (χ0n) is 16.3. The first-order chi connectivity index (χ1) is 13.5. The van der Waals surface area contributed by atoms with Gasteiger partial charge in [-0.15, -0.1) is 0 Å². The monoisotopic (exact) mass is 448 g/mol. The summed E-state index contributed by atoms with van der Waals surface area (Å²) in [5, 5.41) is 11.1. The van der Waals surface area contributed by atoms with Gasteiger partial charge in [-0.2, -0.15) is 0 Å². The molecule has 1 atom stereocenters. The Morgan fingerprint density at radius 1 is 1.18 bits per heavy atom. The second-order valence-corrected chi connectivity index (χ2v) is 7.39. The third-order valence-corrected chi connectivity index (χ3v) is 5.02. The van der Waals surface area contributed by atoms with E-state index in [9.17, 15) is 5.11 Å². The van der Waals surface area contributed by atoms with Crippen LogP contribution in [0.3, 0.4) is 0 Å². The summed E-state index contributed by atoms with van der Waals surface area (Å²) in [4.78, 5) is 0. The van der Waals surface area contributed by atoms with Gasteiger partial charge >= 0.3 is 0 Å². The minimum atomic E-state index is -0.729. The Bertz CT molecular complexity index is 932. The van der Waals surface area contributed by atoms with Crippen LogP contribution in [0, 0.1) is 0 Å². The van der Waals surface area contributed by atoms with Crippen molar-refractivity contribution >= 4 is 26.9 Å². The van der Waals surface area contributed by atoms with Gasteiger partial charge in [-0.25, -0.2) is 0 Å². The number of benzene rings is 2. The number of furan rings is 1. The molecule has 3 rings (SSSR count). The Hall–Kier alpha value is -2.02. The summed E-state index contributed by atoms with van der Waals surface area (Å²) in [5.74, 6) is 1.98. The standard InChI is InChI=1S/C22H25BrO5/c1-4-26-10-9-15-5-7-17(25-3)12-21(15)27-13-19-18-11-16(23)6-8-20(18)28-22(19)14(2)24/h5-8,11-12,14,24H,4,9-10,13H2,1-3H3. The number of methoxy groups -OCH3 is 1. The Morgan fingerprint density at radius 3 is 2.71 bits per heavy atom. The van der Waals surface area contributed by atoms with Gasteiger partial charge in [-0.3, -0.25) is 0 Å². The zero-order chi connectivity index (χ0) is 20.1. The Morgan fingerprint density at radius 2 is 2.00 bits per heavy atom. The van der Waals surface area contributed by atoms with Crippen LogP contribution in [0.5, 0.6) is 11.5 Å². The Balaban J connectivity index is 1.91. The van der Waals surface area contributed by atoms with Crippen molar-refractivity contribution < 1.29 is 23.7 Å². The Labute approximate surface area is 173 Å². The number of fused-ring (bicyclic) bond motifs is 1. The van der Waals surface area contributed by atoms with Crippen molar-refractivity contribution in [2.24, 2.45) is 0 Å². The van der Waals surface area contributed by atoms with E-state index in [4.69, 9.17) is 18.6 Å². The van der Waals surface area contributed by atoms with Crippen LogP contribution in [0.15, 0.2) is 45.3 Å². The molecule has 0 saturated carbocycles. The second kappa shape index (κ2) is 9.45. The van der Waals surface area contributed by atoms with Gasteiger partial charge in [0, 0.05) is 28.1 Å². The molecule has 0 saturated heterocycles. The molecule has 2 aromatic carbocycles. The minimum absolute atomic E-state index is 0.276. The average molecular weight is 449 g/mol. The van der Waals surface area contributed by atoms with Gasteiger partial charge in [0.1, 0.15) is 35.6 Å². The van der Waals surface area contributed by atoms with Gasteiger partial charge in [-0.05, 0) is 50.1 Å².